The number of nitrogens with zero attached hydrogens (tertiary/aromatic N) is 2. The zero-order valence-corrected chi connectivity index (χ0v) is 12.7. The van der Waals surface area contributed by atoms with E-state index in [0.29, 0.717) is 6.04 Å². The van der Waals surface area contributed by atoms with Gasteiger partial charge in [0.2, 0.25) is 0 Å². The fourth-order valence-corrected chi connectivity index (χ4v) is 3.45. The summed E-state index contributed by atoms with van der Waals surface area (Å²) in [6.45, 7) is 2.96. The minimum atomic E-state index is 0.356. The Hall–Kier alpha value is -1.56. The molecule has 0 aliphatic heterocycles. The Morgan fingerprint density at radius 1 is 1.20 bits per heavy atom. The molecule has 0 amide bonds. The normalized spacial score (nSPS) is 12.4. The number of thiophene rings is 1. The zero-order chi connectivity index (χ0) is 13.8. The highest BCUT2D eigenvalue weighted by Gasteiger charge is 2.08. The molecule has 3 aromatic heterocycles. The van der Waals surface area contributed by atoms with Gasteiger partial charge in [-0.05, 0) is 30.5 Å². The largest absolute Gasteiger partial charge is 0.304 e. The molecule has 1 unspecified atom stereocenters. The van der Waals surface area contributed by atoms with Crippen LogP contribution in [0, 0.1) is 0 Å². The Bertz CT molecular complexity index is 647. The molecule has 3 rings (SSSR count). The number of nitrogens with one attached hydrogen (secondary N) is 1. The van der Waals surface area contributed by atoms with Gasteiger partial charge in [-0.3, -0.25) is 4.98 Å². The van der Waals surface area contributed by atoms with Crippen molar-refractivity contribution in [1.29, 1.82) is 0 Å². The lowest BCUT2D eigenvalue weighted by atomic mass is 10.2. The van der Waals surface area contributed by atoms with Gasteiger partial charge in [-0.15, -0.1) is 22.7 Å². The summed E-state index contributed by atoms with van der Waals surface area (Å²) in [6.07, 6.45) is 1.80. The SMILES string of the molecule is CC(NCc1csc(-c2ccccn2)n1)c1cccs1. The second-order valence-electron chi connectivity index (χ2n) is 4.48. The number of thiazole rings is 1. The molecule has 0 bridgehead atoms. The van der Waals surface area contributed by atoms with Crippen LogP contribution in [-0.2, 0) is 6.54 Å². The summed E-state index contributed by atoms with van der Waals surface area (Å²) in [5, 5.41) is 8.68. The minimum absolute atomic E-state index is 0.356. The predicted molar refractivity (Wildman–Crippen MR) is 84.9 cm³/mol. The van der Waals surface area contributed by atoms with Crippen molar-refractivity contribution in [3.8, 4) is 10.7 Å². The van der Waals surface area contributed by atoms with Crippen molar-refractivity contribution in [2.45, 2.75) is 19.5 Å². The molecule has 20 heavy (non-hydrogen) atoms. The number of hydrogen-bond donors (Lipinski definition) is 1. The highest BCUT2D eigenvalue weighted by atomic mass is 32.1. The monoisotopic (exact) mass is 301 g/mol. The van der Waals surface area contributed by atoms with Gasteiger partial charge in [-0.1, -0.05) is 12.1 Å². The third kappa shape index (κ3) is 3.12. The van der Waals surface area contributed by atoms with E-state index in [0.717, 1.165) is 22.9 Å². The molecule has 1 atom stereocenters. The Kier molecular flexibility index (Phi) is 4.20. The summed E-state index contributed by atoms with van der Waals surface area (Å²) in [7, 11) is 0. The van der Waals surface area contributed by atoms with Crippen molar-refractivity contribution in [3.63, 3.8) is 0 Å². The van der Waals surface area contributed by atoms with E-state index in [1.165, 1.54) is 4.88 Å². The Labute approximate surface area is 126 Å². The second kappa shape index (κ2) is 6.26. The van der Waals surface area contributed by atoms with E-state index in [1.54, 1.807) is 28.9 Å². The molecule has 3 aromatic rings. The van der Waals surface area contributed by atoms with Gasteiger partial charge in [0.15, 0.2) is 0 Å². The Balaban J connectivity index is 1.63. The van der Waals surface area contributed by atoms with E-state index in [2.05, 4.69) is 45.1 Å². The summed E-state index contributed by atoms with van der Waals surface area (Å²) < 4.78 is 0. The maximum atomic E-state index is 4.63. The van der Waals surface area contributed by atoms with Gasteiger partial charge in [-0.2, -0.15) is 0 Å². The average Bonchev–Trinajstić information content (AvgIpc) is 3.17. The standard InChI is InChI=1S/C15H15N3S2/c1-11(14-6-4-8-19-14)17-9-12-10-20-15(18-12)13-5-2-3-7-16-13/h2-8,10-11,17H,9H2,1H3. The summed E-state index contributed by atoms with van der Waals surface area (Å²) in [5.74, 6) is 0. The van der Waals surface area contributed by atoms with E-state index in [4.69, 9.17) is 0 Å². The summed E-state index contributed by atoms with van der Waals surface area (Å²) in [4.78, 5) is 10.3. The Morgan fingerprint density at radius 3 is 2.90 bits per heavy atom. The van der Waals surface area contributed by atoms with Gasteiger partial charge >= 0.3 is 0 Å². The molecule has 0 aromatic carbocycles. The lowest BCUT2D eigenvalue weighted by Gasteiger charge is -2.10. The topological polar surface area (TPSA) is 37.8 Å². The molecule has 0 saturated heterocycles. The van der Waals surface area contributed by atoms with Crippen LogP contribution in [0.1, 0.15) is 23.5 Å². The van der Waals surface area contributed by atoms with E-state index < -0.39 is 0 Å². The summed E-state index contributed by atoms with van der Waals surface area (Å²) >= 11 is 3.42. The molecule has 0 radical (unpaired) electrons. The van der Waals surface area contributed by atoms with Gasteiger partial charge in [-0.25, -0.2) is 4.98 Å². The van der Waals surface area contributed by atoms with Gasteiger partial charge in [0.05, 0.1) is 11.4 Å². The first-order valence-electron chi connectivity index (χ1n) is 6.45. The van der Waals surface area contributed by atoms with Crippen LogP contribution in [0.5, 0.6) is 0 Å². The molecule has 0 aliphatic rings. The molecule has 3 heterocycles. The van der Waals surface area contributed by atoms with E-state index in [1.807, 2.05) is 18.2 Å². The zero-order valence-electron chi connectivity index (χ0n) is 11.1. The van der Waals surface area contributed by atoms with Crippen LogP contribution >= 0.6 is 22.7 Å². The molecule has 3 nitrogen and oxygen atoms in total. The fourth-order valence-electron chi connectivity index (χ4n) is 1.89. The van der Waals surface area contributed by atoms with E-state index >= 15 is 0 Å². The maximum absolute atomic E-state index is 4.63. The molecular weight excluding hydrogens is 286 g/mol. The Morgan fingerprint density at radius 2 is 2.15 bits per heavy atom. The first-order valence-corrected chi connectivity index (χ1v) is 8.21. The quantitative estimate of drug-likeness (QED) is 0.770. The van der Waals surface area contributed by atoms with Crippen LogP contribution in [0.3, 0.4) is 0 Å². The lowest BCUT2D eigenvalue weighted by Crippen LogP contribution is -2.17. The second-order valence-corrected chi connectivity index (χ2v) is 6.31. The van der Waals surface area contributed by atoms with Gasteiger partial charge in [0, 0.05) is 29.0 Å². The molecule has 0 aliphatic carbocycles. The van der Waals surface area contributed by atoms with Crippen LogP contribution < -0.4 is 5.32 Å². The maximum Gasteiger partial charge on any atom is 0.142 e. The average molecular weight is 301 g/mol. The van der Waals surface area contributed by atoms with E-state index in [9.17, 15) is 0 Å². The van der Waals surface area contributed by atoms with Gasteiger partial charge in [0.1, 0.15) is 5.01 Å². The highest BCUT2D eigenvalue weighted by Crippen LogP contribution is 2.22. The molecule has 5 heteroatoms. The van der Waals surface area contributed by atoms with Crippen LogP contribution in [0.25, 0.3) is 10.7 Å². The van der Waals surface area contributed by atoms with Gasteiger partial charge in [0.25, 0.3) is 0 Å². The van der Waals surface area contributed by atoms with Crippen LogP contribution in [-0.4, -0.2) is 9.97 Å². The first kappa shape index (κ1) is 13.4. The molecule has 1 N–H and O–H groups in total. The highest BCUT2D eigenvalue weighted by molar-refractivity contribution is 7.13. The molecular formula is C15H15N3S2. The molecule has 0 fully saturated rings. The smallest absolute Gasteiger partial charge is 0.142 e. The lowest BCUT2D eigenvalue weighted by molar-refractivity contribution is 0.577. The summed E-state index contributed by atoms with van der Waals surface area (Å²) in [6, 6.07) is 10.5. The van der Waals surface area contributed by atoms with Crippen molar-refractivity contribution in [2.24, 2.45) is 0 Å². The van der Waals surface area contributed by atoms with Crippen LogP contribution in [0.4, 0.5) is 0 Å². The molecule has 0 spiro atoms. The number of hydrogen-bond acceptors (Lipinski definition) is 5. The van der Waals surface area contributed by atoms with Crippen molar-refractivity contribution in [2.75, 3.05) is 0 Å². The predicted octanol–water partition coefficient (Wildman–Crippen LogP) is 4.12. The first-order chi connectivity index (χ1) is 9.83. The number of rotatable bonds is 5. The molecule has 102 valence electrons. The third-order valence-corrected chi connectivity index (χ3v) is 4.96. The van der Waals surface area contributed by atoms with Crippen molar-refractivity contribution in [1.82, 2.24) is 15.3 Å². The fraction of sp³-hybridized carbons (Fsp3) is 0.200. The number of aromatic nitrogens is 2. The third-order valence-electron chi connectivity index (χ3n) is 3.00. The van der Waals surface area contributed by atoms with Crippen molar-refractivity contribution < 1.29 is 0 Å². The van der Waals surface area contributed by atoms with Gasteiger partial charge < -0.3 is 5.32 Å². The number of pyridine rings is 1. The summed E-state index contributed by atoms with van der Waals surface area (Å²) in [5.41, 5.74) is 2.01. The van der Waals surface area contributed by atoms with Crippen molar-refractivity contribution in [3.05, 3.63) is 57.9 Å². The van der Waals surface area contributed by atoms with Crippen LogP contribution in [0.15, 0.2) is 47.3 Å². The minimum Gasteiger partial charge on any atom is -0.304 e. The van der Waals surface area contributed by atoms with E-state index in [-0.39, 0.29) is 0 Å². The van der Waals surface area contributed by atoms with Crippen LogP contribution in [0.2, 0.25) is 0 Å². The van der Waals surface area contributed by atoms with Crippen molar-refractivity contribution >= 4 is 22.7 Å². The molecule has 0 saturated carbocycles.